The Bertz CT molecular complexity index is 180. The van der Waals surface area contributed by atoms with Gasteiger partial charge in [0, 0.05) is 18.4 Å². The summed E-state index contributed by atoms with van der Waals surface area (Å²) in [4.78, 5) is 0. The minimum atomic E-state index is 0.897. The lowest BCUT2D eigenvalue weighted by molar-refractivity contribution is 0.864. The molecule has 0 aromatic carbocycles. The van der Waals surface area contributed by atoms with E-state index in [4.69, 9.17) is 0 Å². The molecule has 4 heteroatoms. The molecular formula is C9H19NPS2+. The van der Waals surface area contributed by atoms with Gasteiger partial charge in [-0.05, 0) is 12.2 Å². The van der Waals surface area contributed by atoms with E-state index in [1.165, 1.54) is 9.95 Å². The fourth-order valence-electron chi connectivity index (χ4n) is 0.880. The molecule has 0 heterocycles. The van der Waals surface area contributed by atoms with Gasteiger partial charge < -0.3 is 5.32 Å². The summed E-state index contributed by atoms with van der Waals surface area (Å²) in [6, 6.07) is 0. The Hall–Kier alpha value is 0.410. The van der Waals surface area contributed by atoms with Gasteiger partial charge >= 0.3 is 0 Å². The maximum Gasteiger partial charge on any atom is 0.234 e. The van der Waals surface area contributed by atoms with E-state index in [0.717, 1.165) is 24.8 Å². The standard InChI is InChI=1S/C9H19NPS2/c1-4-13-9(12-3)6-5-8(2)10-7-11/h10H,2,4-7,11H2,1,3H3/q+1. The molecule has 1 atom stereocenters. The molecule has 0 rings (SSSR count). The van der Waals surface area contributed by atoms with Crippen LogP contribution in [-0.4, -0.2) is 22.5 Å². The molecule has 1 nitrogen and oxygen atoms in total. The van der Waals surface area contributed by atoms with Crippen LogP contribution in [0.2, 0.25) is 0 Å². The van der Waals surface area contributed by atoms with Gasteiger partial charge in [0.1, 0.15) is 0 Å². The van der Waals surface area contributed by atoms with Gasteiger partial charge in [-0.15, -0.1) is 9.24 Å². The van der Waals surface area contributed by atoms with Crippen molar-refractivity contribution in [3.05, 3.63) is 12.3 Å². The van der Waals surface area contributed by atoms with Crippen molar-refractivity contribution in [1.29, 1.82) is 0 Å². The summed E-state index contributed by atoms with van der Waals surface area (Å²) >= 11 is 3.80. The molecule has 0 aliphatic rings. The first-order chi connectivity index (χ1) is 6.24. The highest BCUT2D eigenvalue weighted by atomic mass is 32.2. The third-order valence-electron chi connectivity index (χ3n) is 1.52. The van der Waals surface area contributed by atoms with Gasteiger partial charge in [-0.1, -0.05) is 25.3 Å². The SMILES string of the molecule is C=C(CCC(SCC)=[S+]C)NCP. The van der Waals surface area contributed by atoms with Crippen LogP contribution in [-0.2, 0) is 11.4 Å². The molecule has 0 saturated heterocycles. The number of nitrogens with one attached hydrogen (secondary N) is 1. The van der Waals surface area contributed by atoms with Crippen molar-refractivity contribution in [2.24, 2.45) is 0 Å². The van der Waals surface area contributed by atoms with Crippen molar-refractivity contribution in [1.82, 2.24) is 5.32 Å². The average Bonchev–Trinajstić information content (AvgIpc) is 2.12. The van der Waals surface area contributed by atoms with Gasteiger partial charge in [0.15, 0.2) is 17.6 Å². The molecule has 0 aliphatic heterocycles. The summed E-state index contributed by atoms with van der Waals surface area (Å²) in [6.45, 7) is 6.15. The molecule has 0 aromatic heterocycles. The second-order valence-corrected chi connectivity index (χ2v) is 5.42. The smallest absolute Gasteiger partial charge is 0.234 e. The normalized spacial score (nSPS) is 11.5. The summed E-state index contributed by atoms with van der Waals surface area (Å²) in [5.41, 5.74) is 1.14. The molecule has 13 heavy (non-hydrogen) atoms. The highest BCUT2D eigenvalue weighted by Crippen LogP contribution is 2.10. The van der Waals surface area contributed by atoms with Crippen LogP contribution in [0.25, 0.3) is 0 Å². The number of rotatable bonds is 6. The van der Waals surface area contributed by atoms with E-state index in [9.17, 15) is 0 Å². The maximum atomic E-state index is 3.95. The molecule has 0 radical (unpaired) electrons. The summed E-state index contributed by atoms with van der Waals surface area (Å²) in [6.07, 6.45) is 5.23. The highest BCUT2D eigenvalue weighted by Gasteiger charge is 2.07. The van der Waals surface area contributed by atoms with E-state index in [1.54, 1.807) is 0 Å². The Kier molecular flexibility index (Phi) is 9.27. The third kappa shape index (κ3) is 7.48. The Morgan fingerprint density at radius 2 is 2.23 bits per heavy atom. The zero-order valence-corrected chi connectivity index (χ0v) is 11.2. The van der Waals surface area contributed by atoms with Gasteiger partial charge in [-0.2, -0.15) is 0 Å². The van der Waals surface area contributed by atoms with Crippen LogP contribution in [0.3, 0.4) is 0 Å². The predicted octanol–water partition coefficient (Wildman–Crippen LogP) is 2.30. The van der Waals surface area contributed by atoms with Gasteiger partial charge in [0.25, 0.3) is 0 Å². The summed E-state index contributed by atoms with van der Waals surface area (Å²) in [5, 5.41) is 3.20. The van der Waals surface area contributed by atoms with Crippen LogP contribution >= 0.6 is 21.0 Å². The molecule has 1 unspecified atom stereocenters. The summed E-state index contributed by atoms with van der Waals surface area (Å²) in [7, 11) is 2.64. The van der Waals surface area contributed by atoms with E-state index in [-0.39, 0.29) is 0 Å². The molecule has 0 bridgehead atoms. The second-order valence-electron chi connectivity index (χ2n) is 2.49. The predicted molar refractivity (Wildman–Crippen MR) is 72.5 cm³/mol. The van der Waals surface area contributed by atoms with Gasteiger partial charge in [-0.3, -0.25) is 0 Å². The van der Waals surface area contributed by atoms with E-state index < -0.39 is 0 Å². The van der Waals surface area contributed by atoms with Crippen LogP contribution in [0.4, 0.5) is 0 Å². The lowest BCUT2D eigenvalue weighted by atomic mass is 10.3. The lowest BCUT2D eigenvalue weighted by Crippen LogP contribution is -2.10. The van der Waals surface area contributed by atoms with Crippen LogP contribution in [0.5, 0.6) is 0 Å². The molecule has 1 N–H and O–H groups in total. The largest absolute Gasteiger partial charge is 0.385 e. The van der Waals surface area contributed by atoms with E-state index in [1.807, 2.05) is 23.1 Å². The van der Waals surface area contributed by atoms with Gasteiger partial charge in [-0.25, -0.2) is 0 Å². The van der Waals surface area contributed by atoms with E-state index in [0.29, 0.717) is 0 Å². The monoisotopic (exact) mass is 236 g/mol. The Morgan fingerprint density at radius 1 is 1.54 bits per heavy atom. The number of allylic oxidation sites excluding steroid dienone is 1. The molecule has 0 fully saturated rings. The first-order valence-electron chi connectivity index (χ1n) is 4.38. The average molecular weight is 236 g/mol. The minimum Gasteiger partial charge on any atom is -0.385 e. The Labute approximate surface area is 92.3 Å². The number of hydrogen-bond acceptors (Lipinski definition) is 2. The topological polar surface area (TPSA) is 12.0 Å². The van der Waals surface area contributed by atoms with Crippen LogP contribution in [0, 0.1) is 0 Å². The maximum absolute atomic E-state index is 3.95. The minimum absolute atomic E-state index is 0.897. The molecule has 0 amide bonds. The molecule has 0 saturated carbocycles. The van der Waals surface area contributed by atoms with Crippen molar-refractivity contribution in [2.45, 2.75) is 19.8 Å². The van der Waals surface area contributed by atoms with Crippen LogP contribution in [0.15, 0.2) is 12.3 Å². The van der Waals surface area contributed by atoms with Crippen molar-refractivity contribution in [3.8, 4) is 0 Å². The van der Waals surface area contributed by atoms with Crippen molar-refractivity contribution >= 4 is 36.5 Å². The first kappa shape index (κ1) is 13.4. The Morgan fingerprint density at radius 3 is 2.69 bits per heavy atom. The van der Waals surface area contributed by atoms with Crippen molar-refractivity contribution < 1.29 is 0 Å². The lowest BCUT2D eigenvalue weighted by Gasteiger charge is -2.04. The molecule has 0 aromatic rings. The fourth-order valence-corrected chi connectivity index (χ4v) is 2.87. The van der Waals surface area contributed by atoms with Crippen LogP contribution in [0.1, 0.15) is 19.8 Å². The van der Waals surface area contributed by atoms with Crippen molar-refractivity contribution in [3.63, 3.8) is 0 Å². The second kappa shape index (κ2) is 8.98. The number of hydrogen-bond donors (Lipinski definition) is 1. The zero-order chi connectivity index (χ0) is 10.1. The first-order valence-corrected chi connectivity index (χ1v) is 7.41. The van der Waals surface area contributed by atoms with E-state index in [2.05, 4.69) is 34.3 Å². The van der Waals surface area contributed by atoms with E-state index >= 15 is 0 Å². The fraction of sp³-hybridized carbons (Fsp3) is 0.667. The molecule has 0 spiro atoms. The molecule has 0 aliphatic carbocycles. The quantitative estimate of drug-likeness (QED) is 0.431. The zero-order valence-electron chi connectivity index (χ0n) is 8.43. The Balaban J connectivity index is 3.66. The van der Waals surface area contributed by atoms with Crippen molar-refractivity contribution in [2.75, 3.05) is 18.3 Å². The van der Waals surface area contributed by atoms with Gasteiger partial charge in [0.2, 0.25) is 4.20 Å². The molecular weight excluding hydrogens is 217 g/mol. The molecule has 76 valence electrons. The van der Waals surface area contributed by atoms with Gasteiger partial charge in [0.05, 0.1) is 0 Å². The highest BCUT2D eigenvalue weighted by molar-refractivity contribution is 8.22. The summed E-state index contributed by atoms with van der Waals surface area (Å²) in [5.74, 6) is 1.17. The number of thioether (sulfide) groups is 1. The summed E-state index contributed by atoms with van der Waals surface area (Å²) < 4.78 is 1.51. The van der Waals surface area contributed by atoms with Crippen LogP contribution < -0.4 is 5.32 Å². The third-order valence-corrected chi connectivity index (χ3v) is 4.05.